The van der Waals surface area contributed by atoms with Crippen LogP contribution in [0.15, 0.2) is 40.9 Å². The smallest absolute Gasteiger partial charge is 0.139 e. The van der Waals surface area contributed by atoms with Gasteiger partial charge in [-0.3, -0.25) is 0 Å². The fourth-order valence-electron chi connectivity index (χ4n) is 1.82. The maximum absolute atomic E-state index is 12.9. The number of hydrogen-bond donors (Lipinski definition) is 1. The van der Waals surface area contributed by atoms with Gasteiger partial charge in [0.25, 0.3) is 0 Å². The van der Waals surface area contributed by atoms with E-state index in [0.29, 0.717) is 26.4 Å². The summed E-state index contributed by atoms with van der Waals surface area (Å²) in [7, 11) is 1.51. The van der Waals surface area contributed by atoms with Crippen molar-refractivity contribution in [2.24, 2.45) is 0 Å². The minimum Gasteiger partial charge on any atom is -0.495 e. The molecule has 1 atom stereocenters. The standard InChI is InChI=1S/C14H11BrClFO2/c1-19-14-11(6-9(16)7-12(14)15)13(18)8-2-4-10(17)5-3-8/h2-7,13,18H,1H3. The Morgan fingerprint density at radius 2 is 1.89 bits per heavy atom. The van der Waals surface area contributed by atoms with E-state index in [-0.39, 0.29) is 5.82 Å². The quantitative estimate of drug-likeness (QED) is 0.897. The van der Waals surface area contributed by atoms with Crippen molar-refractivity contribution >= 4 is 27.5 Å². The topological polar surface area (TPSA) is 29.5 Å². The molecule has 0 fully saturated rings. The lowest BCUT2D eigenvalue weighted by Gasteiger charge is -2.17. The zero-order valence-corrected chi connectivity index (χ0v) is 12.4. The summed E-state index contributed by atoms with van der Waals surface area (Å²) in [5.74, 6) is 0.149. The van der Waals surface area contributed by atoms with E-state index in [1.165, 1.54) is 31.4 Å². The monoisotopic (exact) mass is 344 g/mol. The molecule has 0 radical (unpaired) electrons. The predicted octanol–water partition coefficient (Wildman–Crippen LogP) is 4.33. The van der Waals surface area contributed by atoms with Crippen LogP contribution >= 0.6 is 27.5 Å². The first kappa shape index (κ1) is 14.3. The molecule has 0 aliphatic rings. The van der Waals surface area contributed by atoms with Crippen LogP contribution in [0, 0.1) is 5.82 Å². The van der Waals surface area contributed by atoms with Crippen molar-refractivity contribution in [1.82, 2.24) is 0 Å². The van der Waals surface area contributed by atoms with E-state index in [9.17, 15) is 9.50 Å². The van der Waals surface area contributed by atoms with Crippen LogP contribution in [0.5, 0.6) is 5.75 Å². The Morgan fingerprint density at radius 3 is 2.47 bits per heavy atom. The number of halogens is 3. The van der Waals surface area contributed by atoms with Crippen LogP contribution in [0.4, 0.5) is 4.39 Å². The summed E-state index contributed by atoms with van der Waals surface area (Å²) < 4.78 is 18.8. The van der Waals surface area contributed by atoms with Gasteiger partial charge >= 0.3 is 0 Å². The van der Waals surface area contributed by atoms with E-state index in [4.69, 9.17) is 16.3 Å². The fraction of sp³-hybridized carbons (Fsp3) is 0.143. The Morgan fingerprint density at radius 1 is 1.26 bits per heavy atom. The van der Waals surface area contributed by atoms with Crippen LogP contribution in [0.2, 0.25) is 5.02 Å². The molecule has 19 heavy (non-hydrogen) atoms. The number of hydrogen-bond acceptors (Lipinski definition) is 2. The highest BCUT2D eigenvalue weighted by Crippen LogP contribution is 2.38. The van der Waals surface area contributed by atoms with E-state index >= 15 is 0 Å². The lowest BCUT2D eigenvalue weighted by molar-refractivity contribution is 0.214. The van der Waals surface area contributed by atoms with Crippen LogP contribution in [-0.4, -0.2) is 12.2 Å². The number of methoxy groups -OCH3 is 1. The molecule has 0 saturated carbocycles. The minimum atomic E-state index is -0.939. The molecular weight excluding hydrogens is 335 g/mol. The van der Waals surface area contributed by atoms with Gasteiger partial charge in [0.2, 0.25) is 0 Å². The molecule has 100 valence electrons. The number of aliphatic hydroxyl groups is 1. The number of aliphatic hydroxyl groups excluding tert-OH is 1. The molecule has 0 spiro atoms. The third kappa shape index (κ3) is 3.08. The molecule has 2 rings (SSSR count). The number of benzene rings is 2. The van der Waals surface area contributed by atoms with E-state index in [0.717, 1.165) is 0 Å². The molecule has 0 bridgehead atoms. The minimum absolute atomic E-state index is 0.352. The van der Waals surface area contributed by atoms with E-state index in [2.05, 4.69) is 15.9 Å². The van der Waals surface area contributed by atoms with Crippen LogP contribution in [0.25, 0.3) is 0 Å². The Kier molecular flexibility index (Phi) is 4.45. The summed E-state index contributed by atoms with van der Waals surface area (Å²) >= 11 is 9.31. The second kappa shape index (κ2) is 5.90. The Hall–Kier alpha value is -1.10. The van der Waals surface area contributed by atoms with Crippen LogP contribution in [-0.2, 0) is 0 Å². The highest BCUT2D eigenvalue weighted by molar-refractivity contribution is 9.10. The molecule has 1 unspecified atom stereocenters. The van der Waals surface area contributed by atoms with Crippen LogP contribution in [0.1, 0.15) is 17.2 Å². The molecule has 1 N–H and O–H groups in total. The van der Waals surface area contributed by atoms with Gasteiger partial charge in [0.1, 0.15) is 17.7 Å². The first-order valence-corrected chi connectivity index (χ1v) is 6.66. The molecular formula is C14H11BrClFO2. The second-order valence-corrected chi connectivity index (χ2v) is 5.25. The van der Waals surface area contributed by atoms with Crippen molar-refractivity contribution in [3.05, 3.63) is 62.8 Å². The van der Waals surface area contributed by atoms with Gasteiger partial charge < -0.3 is 9.84 Å². The molecule has 5 heteroatoms. The lowest BCUT2D eigenvalue weighted by atomic mass is 10.0. The molecule has 0 aliphatic heterocycles. The lowest BCUT2D eigenvalue weighted by Crippen LogP contribution is -2.03. The average Bonchev–Trinajstić information content (AvgIpc) is 2.38. The van der Waals surface area contributed by atoms with E-state index in [1.807, 2.05) is 0 Å². The maximum Gasteiger partial charge on any atom is 0.139 e. The van der Waals surface area contributed by atoms with Gasteiger partial charge in [-0.05, 0) is 45.8 Å². The zero-order valence-electron chi connectivity index (χ0n) is 10.0. The molecule has 0 amide bonds. The fourth-order valence-corrected chi connectivity index (χ4v) is 2.82. The Labute approximate surface area is 123 Å². The Balaban J connectivity index is 2.48. The normalized spacial score (nSPS) is 12.3. The number of rotatable bonds is 3. The van der Waals surface area contributed by atoms with Crippen LogP contribution in [0.3, 0.4) is 0 Å². The predicted molar refractivity (Wildman–Crippen MR) is 76.2 cm³/mol. The van der Waals surface area contributed by atoms with Gasteiger partial charge in [-0.1, -0.05) is 23.7 Å². The van der Waals surface area contributed by atoms with Gasteiger partial charge in [-0.25, -0.2) is 4.39 Å². The molecule has 2 aromatic carbocycles. The van der Waals surface area contributed by atoms with Gasteiger partial charge in [0, 0.05) is 10.6 Å². The largest absolute Gasteiger partial charge is 0.495 e. The van der Waals surface area contributed by atoms with Crippen molar-refractivity contribution in [3.8, 4) is 5.75 Å². The van der Waals surface area contributed by atoms with Crippen molar-refractivity contribution in [2.45, 2.75) is 6.10 Å². The summed E-state index contributed by atoms with van der Waals surface area (Å²) in [6.07, 6.45) is -0.939. The molecule has 2 aromatic rings. The highest BCUT2D eigenvalue weighted by Gasteiger charge is 2.18. The molecule has 0 heterocycles. The van der Waals surface area contributed by atoms with Crippen LogP contribution < -0.4 is 4.74 Å². The zero-order chi connectivity index (χ0) is 14.0. The van der Waals surface area contributed by atoms with Crippen molar-refractivity contribution < 1.29 is 14.2 Å². The molecule has 0 aromatic heterocycles. The summed E-state index contributed by atoms with van der Waals surface area (Å²) in [5.41, 5.74) is 1.09. The highest BCUT2D eigenvalue weighted by atomic mass is 79.9. The summed E-state index contributed by atoms with van der Waals surface area (Å²) in [5, 5.41) is 10.8. The third-order valence-corrected chi connectivity index (χ3v) is 3.53. The van der Waals surface area contributed by atoms with Crippen molar-refractivity contribution in [1.29, 1.82) is 0 Å². The first-order valence-electron chi connectivity index (χ1n) is 5.49. The molecule has 0 saturated heterocycles. The van der Waals surface area contributed by atoms with Gasteiger partial charge in [-0.15, -0.1) is 0 Å². The summed E-state index contributed by atoms with van der Waals surface area (Å²) in [6, 6.07) is 8.94. The number of ether oxygens (including phenoxy) is 1. The van der Waals surface area contributed by atoms with E-state index in [1.54, 1.807) is 12.1 Å². The summed E-state index contributed by atoms with van der Waals surface area (Å²) in [4.78, 5) is 0. The maximum atomic E-state index is 12.9. The van der Waals surface area contributed by atoms with Crippen molar-refractivity contribution in [2.75, 3.05) is 7.11 Å². The van der Waals surface area contributed by atoms with Gasteiger partial charge in [-0.2, -0.15) is 0 Å². The average molecular weight is 346 g/mol. The first-order chi connectivity index (χ1) is 9.02. The third-order valence-electron chi connectivity index (χ3n) is 2.72. The van der Waals surface area contributed by atoms with Gasteiger partial charge in [0.05, 0.1) is 11.6 Å². The van der Waals surface area contributed by atoms with Crippen molar-refractivity contribution in [3.63, 3.8) is 0 Å². The van der Waals surface area contributed by atoms with Gasteiger partial charge in [0.15, 0.2) is 0 Å². The summed E-state index contributed by atoms with van der Waals surface area (Å²) in [6.45, 7) is 0. The Bertz CT molecular complexity index is 587. The SMILES string of the molecule is COc1c(Br)cc(Cl)cc1C(O)c1ccc(F)cc1. The second-order valence-electron chi connectivity index (χ2n) is 3.96. The molecule has 2 nitrogen and oxygen atoms in total. The molecule has 0 aliphatic carbocycles. The van der Waals surface area contributed by atoms with E-state index < -0.39 is 6.10 Å².